The van der Waals surface area contributed by atoms with E-state index in [-0.39, 0.29) is 5.54 Å². The van der Waals surface area contributed by atoms with Crippen LogP contribution in [0, 0.1) is 0 Å². The molecule has 1 heterocycles. The Morgan fingerprint density at radius 2 is 2.00 bits per heavy atom. The number of unbranched alkanes of at least 4 members (excludes halogenated alkanes) is 1. The van der Waals surface area contributed by atoms with E-state index in [1.807, 2.05) is 0 Å². The SMILES string of the molecule is CCCCC(N)(CC)Cc1c[nH]c2ccccc12. The van der Waals surface area contributed by atoms with Crippen molar-refractivity contribution in [2.45, 2.75) is 51.5 Å². The first kappa shape index (κ1) is 13.2. The van der Waals surface area contributed by atoms with Gasteiger partial charge in [-0.1, -0.05) is 44.9 Å². The lowest BCUT2D eigenvalue weighted by Crippen LogP contribution is -2.41. The van der Waals surface area contributed by atoms with Crippen molar-refractivity contribution in [1.82, 2.24) is 4.98 Å². The number of para-hydroxylation sites is 1. The third-order valence-corrected chi connectivity index (χ3v) is 3.95. The fourth-order valence-corrected chi connectivity index (χ4v) is 2.58. The Balaban J connectivity index is 2.21. The molecule has 0 saturated heterocycles. The van der Waals surface area contributed by atoms with Crippen molar-refractivity contribution < 1.29 is 0 Å². The van der Waals surface area contributed by atoms with Crippen LogP contribution in [0.25, 0.3) is 10.9 Å². The molecule has 2 rings (SSSR count). The van der Waals surface area contributed by atoms with Gasteiger partial charge in [0.25, 0.3) is 0 Å². The molecular formula is C16H24N2. The highest BCUT2D eigenvalue weighted by molar-refractivity contribution is 5.83. The average molecular weight is 244 g/mol. The van der Waals surface area contributed by atoms with Crippen LogP contribution in [0.2, 0.25) is 0 Å². The van der Waals surface area contributed by atoms with E-state index in [2.05, 4.69) is 49.3 Å². The molecule has 0 spiro atoms. The summed E-state index contributed by atoms with van der Waals surface area (Å²) in [5.74, 6) is 0. The quantitative estimate of drug-likeness (QED) is 0.792. The summed E-state index contributed by atoms with van der Waals surface area (Å²) >= 11 is 0. The molecule has 1 aromatic carbocycles. The number of nitrogens with two attached hydrogens (primary N) is 1. The van der Waals surface area contributed by atoms with Crippen molar-refractivity contribution in [3.05, 3.63) is 36.0 Å². The summed E-state index contributed by atoms with van der Waals surface area (Å²) in [5.41, 5.74) is 9.06. The van der Waals surface area contributed by atoms with Crippen molar-refractivity contribution >= 4 is 10.9 Å². The predicted molar refractivity (Wildman–Crippen MR) is 78.7 cm³/mol. The molecule has 0 aliphatic rings. The molecule has 2 nitrogen and oxygen atoms in total. The van der Waals surface area contributed by atoms with Crippen LogP contribution < -0.4 is 5.73 Å². The number of fused-ring (bicyclic) bond motifs is 1. The van der Waals surface area contributed by atoms with E-state index in [0.29, 0.717) is 0 Å². The molecule has 0 aliphatic carbocycles. The lowest BCUT2D eigenvalue weighted by atomic mass is 9.84. The highest BCUT2D eigenvalue weighted by Crippen LogP contribution is 2.26. The van der Waals surface area contributed by atoms with Gasteiger partial charge in [-0.05, 0) is 30.9 Å². The zero-order valence-corrected chi connectivity index (χ0v) is 11.5. The lowest BCUT2D eigenvalue weighted by molar-refractivity contribution is 0.366. The van der Waals surface area contributed by atoms with Gasteiger partial charge >= 0.3 is 0 Å². The molecule has 0 fully saturated rings. The minimum atomic E-state index is -0.0546. The van der Waals surface area contributed by atoms with Gasteiger partial charge in [-0.3, -0.25) is 0 Å². The van der Waals surface area contributed by atoms with Crippen LogP contribution in [0.5, 0.6) is 0 Å². The highest BCUT2D eigenvalue weighted by atomic mass is 14.7. The number of aromatic nitrogens is 1. The topological polar surface area (TPSA) is 41.8 Å². The third-order valence-electron chi connectivity index (χ3n) is 3.95. The van der Waals surface area contributed by atoms with E-state index in [1.165, 1.54) is 29.3 Å². The van der Waals surface area contributed by atoms with E-state index in [4.69, 9.17) is 5.73 Å². The molecule has 2 heteroatoms. The first-order chi connectivity index (χ1) is 8.68. The predicted octanol–water partition coefficient (Wildman–Crippen LogP) is 4.01. The van der Waals surface area contributed by atoms with Crippen LogP contribution in [0.15, 0.2) is 30.5 Å². The van der Waals surface area contributed by atoms with E-state index in [1.54, 1.807) is 0 Å². The summed E-state index contributed by atoms with van der Waals surface area (Å²) < 4.78 is 0. The standard InChI is InChI=1S/C16H24N2/c1-3-5-10-16(17,4-2)11-13-12-18-15-9-7-6-8-14(13)15/h6-9,12,18H,3-5,10-11,17H2,1-2H3. The summed E-state index contributed by atoms with van der Waals surface area (Å²) in [6, 6.07) is 8.46. The van der Waals surface area contributed by atoms with E-state index in [9.17, 15) is 0 Å². The molecule has 98 valence electrons. The van der Waals surface area contributed by atoms with Gasteiger partial charge in [-0.15, -0.1) is 0 Å². The molecular weight excluding hydrogens is 220 g/mol. The smallest absolute Gasteiger partial charge is 0.0456 e. The van der Waals surface area contributed by atoms with Crippen LogP contribution >= 0.6 is 0 Å². The number of aromatic amines is 1. The van der Waals surface area contributed by atoms with Gasteiger partial charge in [0.2, 0.25) is 0 Å². The summed E-state index contributed by atoms with van der Waals surface area (Å²) in [6.45, 7) is 4.42. The molecule has 1 unspecified atom stereocenters. The average Bonchev–Trinajstić information content (AvgIpc) is 2.80. The van der Waals surface area contributed by atoms with E-state index >= 15 is 0 Å². The van der Waals surface area contributed by atoms with Crippen LogP contribution in [-0.4, -0.2) is 10.5 Å². The maximum atomic E-state index is 6.55. The van der Waals surface area contributed by atoms with E-state index in [0.717, 1.165) is 19.3 Å². The van der Waals surface area contributed by atoms with Gasteiger partial charge in [0.05, 0.1) is 0 Å². The molecule has 0 saturated carbocycles. The Morgan fingerprint density at radius 1 is 1.22 bits per heavy atom. The Hall–Kier alpha value is -1.28. The summed E-state index contributed by atoms with van der Waals surface area (Å²) in [5, 5.41) is 1.32. The molecule has 2 aromatic rings. The van der Waals surface area contributed by atoms with Crippen molar-refractivity contribution in [2.75, 3.05) is 0 Å². The third kappa shape index (κ3) is 2.75. The van der Waals surface area contributed by atoms with Crippen molar-refractivity contribution in [2.24, 2.45) is 5.73 Å². The molecule has 0 radical (unpaired) electrons. The molecule has 0 amide bonds. The van der Waals surface area contributed by atoms with Gasteiger partial charge in [0, 0.05) is 22.6 Å². The molecule has 18 heavy (non-hydrogen) atoms. The van der Waals surface area contributed by atoms with Crippen LogP contribution in [0.3, 0.4) is 0 Å². The van der Waals surface area contributed by atoms with Gasteiger partial charge < -0.3 is 10.7 Å². The second-order valence-corrected chi connectivity index (χ2v) is 5.36. The Labute approximate surface area is 110 Å². The van der Waals surface area contributed by atoms with Crippen LogP contribution in [0.4, 0.5) is 0 Å². The number of nitrogens with one attached hydrogen (secondary N) is 1. The molecule has 3 N–H and O–H groups in total. The van der Waals surface area contributed by atoms with Gasteiger partial charge in [0.1, 0.15) is 0 Å². The monoisotopic (exact) mass is 244 g/mol. The maximum absolute atomic E-state index is 6.55. The molecule has 0 bridgehead atoms. The molecule has 0 aliphatic heterocycles. The largest absolute Gasteiger partial charge is 0.361 e. The Bertz CT molecular complexity index is 501. The molecule has 1 atom stereocenters. The first-order valence-electron chi connectivity index (χ1n) is 7.02. The van der Waals surface area contributed by atoms with Gasteiger partial charge in [-0.2, -0.15) is 0 Å². The number of H-pyrrole nitrogens is 1. The molecule has 1 aromatic heterocycles. The fourth-order valence-electron chi connectivity index (χ4n) is 2.58. The fraction of sp³-hybridized carbons (Fsp3) is 0.500. The van der Waals surface area contributed by atoms with Crippen LogP contribution in [-0.2, 0) is 6.42 Å². The minimum Gasteiger partial charge on any atom is -0.361 e. The normalized spacial score (nSPS) is 14.8. The Kier molecular flexibility index (Phi) is 4.07. The number of rotatable bonds is 6. The van der Waals surface area contributed by atoms with Crippen LogP contribution in [0.1, 0.15) is 45.1 Å². The maximum Gasteiger partial charge on any atom is 0.0456 e. The second kappa shape index (κ2) is 5.57. The van der Waals surface area contributed by atoms with Crippen molar-refractivity contribution in [3.8, 4) is 0 Å². The van der Waals surface area contributed by atoms with E-state index < -0.39 is 0 Å². The summed E-state index contributed by atoms with van der Waals surface area (Å²) in [4.78, 5) is 3.34. The zero-order valence-electron chi connectivity index (χ0n) is 11.5. The minimum absolute atomic E-state index is 0.0546. The summed E-state index contributed by atoms with van der Waals surface area (Å²) in [7, 11) is 0. The first-order valence-corrected chi connectivity index (χ1v) is 7.02. The summed E-state index contributed by atoms with van der Waals surface area (Å²) in [6.07, 6.45) is 7.66. The highest BCUT2D eigenvalue weighted by Gasteiger charge is 2.23. The zero-order chi connectivity index (χ0) is 13.0. The second-order valence-electron chi connectivity index (χ2n) is 5.36. The number of hydrogen-bond acceptors (Lipinski definition) is 1. The van der Waals surface area contributed by atoms with Gasteiger partial charge in [-0.25, -0.2) is 0 Å². The Morgan fingerprint density at radius 3 is 2.72 bits per heavy atom. The lowest BCUT2D eigenvalue weighted by Gasteiger charge is -2.28. The van der Waals surface area contributed by atoms with Gasteiger partial charge in [0.15, 0.2) is 0 Å². The van der Waals surface area contributed by atoms with Crippen molar-refractivity contribution in [1.29, 1.82) is 0 Å². The number of hydrogen-bond donors (Lipinski definition) is 2. The van der Waals surface area contributed by atoms with Crippen molar-refractivity contribution in [3.63, 3.8) is 0 Å². The number of benzene rings is 1.